The molecule has 0 aliphatic carbocycles. The number of nitrogens with one attached hydrogen (secondary N) is 1. The van der Waals surface area contributed by atoms with Crippen molar-refractivity contribution in [1.82, 2.24) is 10.2 Å². The highest BCUT2D eigenvalue weighted by atomic mass is 32.2. The van der Waals surface area contributed by atoms with E-state index in [1.165, 1.54) is 0 Å². The summed E-state index contributed by atoms with van der Waals surface area (Å²) in [5.74, 6) is 0.895. The number of thioether (sulfide) groups is 1. The second-order valence-corrected chi connectivity index (χ2v) is 9.93. The third-order valence-electron chi connectivity index (χ3n) is 5.48. The highest BCUT2D eigenvalue weighted by Gasteiger charge is 2.30. The average molecular weight is 475 g/mol. The summed E-state index contributed by atoms with van der Waals surface area (Å²) in [6.07, 6.45) is 0.852. The Morgan fingerprint density at radius 3 is 1.97 bits per heavy atom. The van der Waals surface area contributed by atoms with E-state index in [4.69, 9.17) is 0 Å². The smallest absolute Gasteiger partial charge is 0.243 e. The van der Waals surface area contributed by atoms with Gasteiger partial charge in [-0.15, -0.1) is 11.8 Å². The number of carbonyl (C=O) groups is 2. The first-order chi connectivity index (χ1) is 16.5. The number of hydrogen-bond acceptors (Lipinski definition) is 3. The van der Waals surface area contributed by atoms with Crippen LogP contribution in [0.1, 0.15) is 31.4 Å². The molecular weight excluding hydrogens is 440 g/mol. The molecule has 0 aliphatic rings. The maximum Gasteiger partial charge on any atom is 0.243 e. The first-order valence-corrected chi connectivity index (χ1v) is 12.8. The number of amides is 2. The largest absolute Gasteiger partial charge is 0.354 e. The van der Waals surface area contributed by atoms with Crippen LogP contribution in [0.25, 0.3) is 0 Å². The van der Waals surface area contributed by atoms with Gasteiger partial charge in [0.1, 0.15) is 6.04 Å². The molecule has 0 aromatic heterocycles. The predicted octanol–water partition coefficient (Wildman–Crippen LogP) is 5.58. The molecule has 1 atom stereocenters. The van der Waals surface area contributed by atoms with Gasteiger partial charge < -0.3 is 10.2 Å². The molecule has 0 saturated carbocycles. The Bertz CT molecular complexity index is 1010. The molecule has 5 heteroatoms. The van der Waals surface area contributed by atoms with Crippen molar-refractivity contribution in [1.29, 1.82) is 0 Å². The Balaban J connectivity index is 1.81. The Morgan fingerprint density at radius 1 is 0.824 bits per heavy atom. The van der Waals surface area contributed by atoms with Crippen molar-refractivity contribution in [3.05, 3.63) is 102 Å². The fourth-order valence-electron chi connectivity index (χ4n) is 3.67. The van der Waals surface area contributed by atoms with Crippen LogP contribution in [-0.4, -0.2) is 35.1 Å². The lowest BCUT2D eigenvalue weighted by Gasteiger charge is -2.32. The highest BCUT2D eigenvalue weighted by Crippen LogP contribution is 2.20. The van der Waals surface area contributed by atoms with Gasteiger partial charge >= 0.3 is 0 Å². The van der Waals surface area contributed by atoms with Crippen molar-refractivity contribution < 1.29 is 9.59 Å². The zero-order chi connectivity index (χ0) is 24.2. The lowest BCUT2D eigenvalue weighted by atomic mass is 10.0. The van der Waals surface area contributed by atoms with E-state index in [1.54, 1.807) is 16.7 Å². The minimum absolute atomic E-state index is 0.00656. The molecule has 34 heavy (non-hydrogen) atoms. The predicted molar refractivity (Wildman–Crippen MR) is 141 cm³/mol. The summed E-state index contributed by atoms with van der Waals surface area (Å²) in [5, 5.41) is 3.07. The topological polar surface area (TPSA) is 49.4 Å². The highest BCUT2D eigenvalue weighted by molar-refractivity contribution is 7.99. The third-order valence-corrected chi connectivity index (χ3v) is 6.49. The molecule has 1 N–H and O–H groups in total. The number of benzene rings is 3. The zero-order valence-electron chi connectivity index (χ0n) is 20.0. The van der Waals surface area contributed by atoms with E-state index in [9.17, 15) is 9.59 Å². The molecule has 3 aromatic carbocycles. The summed E-state index contributed by atoms with van der Waals surface area (Å²) in [5.41, 5.74) is 2.05. The Morgan fingerprint density at radius 2 is 1.38 bits per heavy atom. The van der Waals surface area contributed by atoms with Crippen LogP contribution in [0.3, 0.4) is 0 Å². The summed E-state index contributed by atoms with van der Waals surface area (Å²) >= 11 is 1.66. The van der Waals surface area contributed by atoms with Gasteiger partial charge in [0.25, 0.3) is 0 Å². The van der Waals surface area contributed by atoms with Crippen LogP contribution in [0, 0.1) is 5.92 Å². The lowest BCUT2D eigenvalue weighted by Crippen LogP contribution is -2.51. The van der Waals surface area contributed by atoms with Crippen molar-refractivity contribution in [2.24, 2.45) is 5.92 Å². The standard InChI is InChI=1S/C29H34N2O2S/c1-23(2)21-30-29(33)27(20-24-12-6-3-7-13-24)31(22-25-14-8-4-9-15-25)28(32)18-19-34-26-16-10-5-11-17-26/h3-17,23,27H,18-22H2,1-2H3,(H,30,33). The van der Waals surface area contributed by atoms with Crippen LogP contribution in [0.4, 0.5) is 0 Å². The number of carbonyl (C=O) groups excluding carboxylic acids is 2. The molecule has 2 amide bonds. The van der Waals surface area contributed by atoms with Crippen LogP contribution in [0.2, 0.25) is 0 Å². The molecule has 3 rings (SSSR count). The molecule has 3 aromatic rings. The maximum atomic E-state index is 13.5. The molecule has 0 aliphatic heterocycles. The minimum atomic E-state index is -0.574. The molecule has 4 nitrogen and oxygen atoms in total. The lowest BCUT2D eigenvalue weighted by molar-refractivity contribution is -0.141. The van der Waals surface area contributed by atoms with E-state index in [0.717, 1.165) is 16.0 Å². The second-order valence-electron chi connectivity index (χ2n) is 8.76. The van der Waals surface area contributed by atoms with Gasteiger partial charge in [-0.3, -0.25) is 9.59 Å². The molecular formula is C29H34N2O2S. The Hall–Kier alpha value is -3.05. The first-order valence-electron chi connectivity index (χ1n) is 11.9. The second kappa shape index (κ2) is 13.6. The fourth-order valence-corrected chi connectivity index (χ4v) is 4.54. The van der Waals surface area contributed by atoms with Crippen LogP contribution >= 0.6 is 11.8 Å². The van der Waals surface area contributed by atoms with Gasteiger partial charge in [0, 0.05) is 36.6 Å². The van der Waals surface area contributed by atoms with E-state index >= 15 is 0 Å². The third kappa shape index (κ3) is 8.38. The van der Waals surface area contributed by atoms with Crippen LogP contribution in [-0.2, 0) is 22.6 Å². The van der Waals surface area contributed by atoms with E-state index in [1.807, 2.05) is 78.9 Å². The molecule has 0 radical (unpaired) electrons. The Labute approximate surface area is 207 Å². The minimum Gasteiger partial charge on any atom is -0.354 e. The van der Waals surface area contributed by atoms with E-state index in [2.05, 4.69) is 31.3 Å². The van der Waals surface area contributed by atoms with Crippen molar-refractivity contribution in [2.75, 3.05) is 12.3 Å². The quantitative estimate of drug-likeness (QED) is 0.349. The van der Waals surface area contributed by atoms with Crippen LogP contribution < -0.4 is 5.32 Å². The van der Waals surface area contributed by atoms with Gasteiger partial charge in [-0.05, 0) is 29.2 Å². The number of rotatable bonds is 12. The van der Waals surface area contributed by atoms with Crippen molar-refractivity contribution >= 4 is 23.6 Å². The SMILES string of the molecule is CC(C)CNC(=O)C(Cc1ccccc1)N(Cc1ccccc1)C(=O)CCSc1ccccc1. The summed E-state index contributed by atoms with van der Waals surface area (Å²) < 4.78 is 0. The van der Waals surface area contributed by atoms with Gasteiger partial charge in [-0.25, -0.2) is 0 Å². The first kappa shape index (κ1) is 25.6. The molecule has 0 bridgehead atoms. The summed E-state index contributed by atoms with van der Waals surface area (Å²) in [7, 11) is 0. The fraction of sp³-hybridized carbons (Fsp3) is 0.310. The van der Waals surface area contributed by atoms with E-state index < -0.39 is 6.04 Å². The number of hydrogen-bond donors (Lipinski definition) is 1. The van der Waals surface area contributed by atoms with Crippen molar-refractivity contribution in [3.63, 3.8) is 0 Å². The summed E-state index contributed by atoms with van der Waals surface area (Å²) in [4.78, 5) is 29.8. The van der Waals surface area contributed by atoms with Crippen molar-refractivity contribution in [3.8, 4) is 0 Å². The zero-order valence-corrected chi connectivity index (χ0v) is 20.8. The van der Waals surface area contributed by atoms with Gasteiger partial charge in [0.05, 0.1) is 0 Å². The molecule has 0 spiro atoms. The average Bonchev–Trinajstić information content (AvgIpc) is 2.86. The van der Waals surface area contributed by atoms with Crippen LogP contribution in [0.5, 0.6) is 0 Å². The monoisotopic (exact) mass is 474 g/mol. The van der Waals surface area contributed by atoms with E-state index in [-0.39, 0.29) is 11.8 Å². The molecule has 0 heterocycles. The van der Waals surface area contributed by atoms with Gasteiger partial charge in [0.15, 0.2) is 0 Å². The Kier molecular flexibility index (Phi) is 10.2. The molecule has 178 valence electrons. The summed E-state index contributed by atoms with van der Waals surface area (Å²) in [6, 6.07) is 29.3. The van der Waals surface area contributed by atoms with Crippen LogP contribution in [0.15, 0.2) is 95.9 Å². The van der Waals surface area contributed by atoms with Gasteiger partial charge in [-0.1, -0.05) is 92.7 Å². The number of nitrogens with zero attached hydrogens (tertiary/aromatic N) is 1. The summed E-state index contributed by atoms with van der Waals surface area (Å²) in [6.45, 7) is 5.13. The normalized spacial score (nSPS) is 11.7. The maximum absolute atomic E-state index is 13.5. The van der Waals surface area contributed by atoms with Crippen molar-refractivity contribution in [2.45, 2.75) is 44.2 Å². The molecule has 0 fully saturated rings. The van der Waals surface area contributed by atoms with Gasteiger partial charge in [0.2, 0.25) is 11.8 Å². The van der Waals surface area contributed by atoms with E-state index in [0.29, 0.717) is 37.6 Å². The molecule has 0 saturated heterocycles. The molecule has 1 unspecified atom stereocenters. The van der Waals surface area contributed by atoms with Gasteiger partial charge in [-0.2, -0.15) is 0 Å².